The normalized spacial score (nSPS) is 13.4. The number of hydrogen-bond donors (Lipinski definition) is 1. The number of nitrogens with zero attached hydrogens (tertiary/aromatic N) is 1. The summed E-state index contributed by atoms with van der Waals surface area (Å²) in [7, 11) is 0. The third-order valence-electron chi connectivity index (χ3n) is 3.50. The molecule has 2 nitrogen and oxygen atoms in total. The summed E-state index contributed by atoms with van der Waals surface area (Å²) in [5.74, 6) is 0. The van der Waals surface area contributed by atoms with E-state index < -0.39 is 0 Å². The molecule has 0 saturated heterocycles. The highest BCUT2D eigenvalue weighted by Crippen LogP contribution is 2.35. The number of thiazole rings is 1. The molecule has 0 fully saturated rings. The van der Waals surface area contributed by atoms with Gasteiger partial charge in [-0.2, -0.15) is 11.3 Å². The SMILES string of the molecule is CC(C)(C)C(NCc1csc(-c2ccsc2)n1)c1cccs1. The van der Waals surface area contributed by atoms with Gasteiger partial charge >= 0.3 is 0 Å². The molecule has 0 spiro atoms. The fourth-order valence-electron chi connectivity index (χ4n) is 2.40. The molecule has 22 heavy (non-hydrogen) atoms. The molecule has 0 aliphatic heterocycles. The standard InChI is InChI=1S/C17H20N2S3/c1-17(2,3)15(14-5-4-7-21-14)18-9-13-11-22-16(19-13)12-6-8-20-10-12/h4-8,10-11,15,18H,9H2,1-3H3. The topological polar surface area (TPSA) is 24.9 Å². The zero-order valence-electron chi connectivity index (χ0n) is 13.0. The molecule has 0 aliphatic carbocycles. The maximum absolute atomic E-state index is 4.75. The Balaban J connectivity index is 1.70. The first-order chi connectivity index (χ1) is 10.5. The molecule has 0 amide bonds. The van der Waals surface area contributed by atoms with E-state index >= 15 is 0 Å². The third kappa shape index (κ3) is 3.66. The highest BCUT2D eigenvalue weighted by molar-refractivity contribution is 7.14. The average Bonchev–Trinajstić information content (AvgIpc) is 3.20. The molecule has 0 bridgehead atoms. The third-order valence-corrected chi connectivity index (χ3v) is 6.06. The van der Waals surface area contributed by atoms with Crippen LogP contribution in [0.3, 0.4) is 0 Å². The van der Waals surface area contributed by atoms with Gasteiger partial charge in [0.2, 0.25) is 0 Å². The number of rotatable bonds is 5. The van der Waals surface area contributed by atoms with E-state index in [1.54, 1.807) is 22.7 Å². The van der Waals surface area contributed by atoms with Crippen molar-refractivity contribution in [2.24, 2.45) is 5.41 Å². The molecule has 0 radical (unpaired) electrons. The van der Waals surface area contributed by atoms with Crippen LogP contribution in [0, 0.1) is 5.41 Å². The molecule has 3 aromatic heterocycles. The molecular weight excluding hydrogens is 328 g/mol. The van der Waals surface area contributed by atoms with Crippen LogP contribution >= 0.6 is 34.0 Å². The van der Waals surface area contributed by atoms with Crippen molar-refractivity contribution in [2.45, 2.75) is 33.4 Å². The summed E-state index contributed by atoms with van der Waals surface area (Å²) >= 11 is 5.26. The Morgan fingerprint density at radius 3 is 2.64 bits per heavy atom. The molecule has 0 aliphatic rings. The van der Waals surface area contributed by atoms with E-state index in [0.29, 0.717) is 6.04 Å². The van der Waals surface area contributed by atoms with Gasteiger partial charge in [0.1, 0.15) is 5.01 Å². The van der Waals surface area contributed by atoms with Crippen LogP contribution in [0.5, 0.6) is 0 Å². The molecule has 1 atom stereocenters. The van der Waals surface area contributed by atoms with E-state index in [0.717, 1.165) is 17.2 Å². The van der Waals surface area contributed by atoms with Crippen molar-refractivity contribution in [3.8, 4) is 10.6 Å². The van der Waals surface area contributed by atoms with Gasteiger partial charge in [0.25, 0.3) is 0 Å². The smallest absolute Gasteiger partial charge is 0.124 e. The van der Waals surface area contributed by atoms with Gasteiger partial charge in [-0.15, -0.1) is 22.7 Å². The van der Waals surface area contributed by atoms with E-state index in [9.17, 15) is 0 Å². The summed E-state index contributed by atoms with van der Waals surface area (Å²) in [5.41, 5.74) is 2.53. The lowest BCUT2D eigenvalue weighted by atomic mass is 9.86. The van der Waals surface area contributed by atoms with Crippen LogP contribution < -0.4 is 5.32 Å². The first kappa shape index (κ1) is 15.9. The molecular formula is C17H20N2S3. The number of aromatic nitrogens is 1. The Labute approximate surface area is 143 Å². The van der Waals surface area contributed by atoms with Crippen molar-refractivity contribution in [1.82, 2.24) is 10.3 Å². The van der Waals surface area contributed by atoms with Gasteiger partial charge in [0.05, 0.1) is 5.69 Å². The monoisotopic (exact) mass is 348 g/mol. The molecule has 5 heteroatoms. The molecule has 0 saturated carbocycles. The van der Waals surface area contributed by atoms with Crippen molar-refractivity contribution in [3.63, 3.8) is 0 Å². The van der Waals surface area contributed by atoms with Crippen molar-refractivity contribution in [3.05, 3.63) is 50.3 Å². The van der Waals surface area contributed by atoms with Crippen molar-refractivity contribution >= 4 is 34.0 Å². The van der Waals surface area contributed by atoms with E-state index in [1.807, 2.05) is 11.3 Å². The minimum atomic E-state index is 0.178. The molecule has 0 aromatic carbocycles. The summed E-state index contributed by atoms with van der Waals surface area (Å²) in [6, 6.07) is 6.81. The Morgan fingerprint density at radius 2 is 2.00 bits per heavy atom. The lowest BCUT2D eigenvalue weighted by molar-refractivity contribution is 0.274. The number of hydrogen-bond acceptors (Lipinski definition) is 5. The Bertz CT molecular complexity index is 691. The molecule has 116 valence electrons. The van der Waals surface area contributed by atoms with Crippen LogP contribution in [0.15, 0.2) is 39.7 Å². The van der Waals surface area contributed by atoms with Gasteiger partial charge in [-0.1, -0.05) is 26.8 Å². The summed E-state index contributed by atoms with van der Waals surface area (Å²) < 4.78 is 0. The molecule has 3 aromatic rings. The fourth-order valence-corrected chi connectivity index (χ4v) is 4.98. The van der Waals surface area contributed by atoms with Gasteiger partial charge in [-0.05, 0) is 28.3 Å². The first-order valence-electron chi connectivity index (χ1n) is 7.28. The second-order valence-electron chi connectivity index (χ2n) is 6.35. The molecule has 1 N–H and O–H groups in total. The van der Waals surface area contributed by atoms with Crippen LogP contribution in [0.25, 0.3) is 10.6 Å². The fraction of sp³-hybridized carbons (Fsp3) is 0.353. The molecule has 3 heterocycles. The van der Waals surface area contributed by atoms with Crippen molar-refractivity contribution in [2.75, 3.05) is 0 Å². The van der Waals surface area contributed by atoms with E-state index in [1.165, 1.54) is 10.4 Å². The lowest BCUT2D eigenvalue weighted by Gasteiger charge is -2.30. The number of thiophene rings is 2. The first-order valence-corrected chi connectivity index (χ1v) is 9.98. The summed E-state index contributed by atoms with van der Waals surface area (Å²) in [6.07, 6.45) is 0. The predicted octanol–water partition coefficient (Wildman–Crippen LogP) is 5.81. The maximum Gasteiger partial charge on any atom is 0.124 e. The minimum Gasteiger partial charge on any atom is -0.303 e. The van der Waals surface area contributed by atoms with Crippen molar-refractivity contribution in [1.29, 1.82) is 0 Å². The van der Waals surface area contributed by atoms with Crippen LogP contribution in [0.4, 0.5) is 0 Å². The zero-order valence-corrected chi connectivity index (χ0v) is 15.4. The van der Waals surface area contributed by atoms with Crippen LogP contribution in [0.2, 0.25) is 0 Å². The second-order valence-corrected chi connectivity index (χ2v) is 8.97. The highest BCUT2D eigenvalue weighted by atomic mass is 32.1. The van der Waals surface area contributed by atoms with E-state index in [2.05, 4.69) is 65.8 Å². The van der Waals surface area contributed by atoms with Gasteiger partial charge in [0, 0.05) is 33.8 Å². The summed E-state index contributed by atoms with van der Waals surface area (Å²) in [4.78, 5) is 6.14. The van der Waals surface area contributed by atoms with Crippen molar-refractivity contribution < 1.29 is 0 Å². The maximum atomic E-state index is 4.75. The Kier molecular flexibility index (Phi) is 4.78. The lowest BCUT2D eigenvalue weighted by Crippen LogP contribution is -2.31. The predicted molar refractivity (Wildman–Crippen MR) is 98.8 cm³/mol. The largest absolute Gasteiger partial charge is 0.303 e. The summed E-state index contributed by atoms with van der Waals surface area (Å²) in [6.45, 7) is 7.65. The minimum absolute atomic E-state index is 0.178. The quantitative estimate of drug-likeness (QED) is 0.629. The van der Waals surface area contributed by atoms with Gasteiger partial charge in [-0.25, -0.2) is 4.98 Å². The average molecular weight is 349 g/mol. The second kappa shape index (κ2) is 6.62. The molecule has 3 rings (SSSR count). The number of nitrogens with one attached hydrogen (secondary N) is 1. The van der Waals surface area contributed by atoms with Crippen LogP contribution in [-0.2, 0) is 6.54 Å². The van der Waals surface area contributed by atoms with Crippen LogP contribution in [0.1, 0.15) is 37.4 Å². The van der Waals surface area contributed by atoms with Gasteiger partial charge < -0.3 is 5.32 Å². The van der Waals surface area contributed by atoms with Gasteiger partial charge in [0.15, 0.2) is 0 Å². The zero-order chi connectivity index (χ0) is 15.6. The molecule has 1 unspecified atom stereocenters. The van der Waals surface area contributed by atoms with Gasteiger partial charge in [-0.3, -0.25) is 0 Å². The van der Waals surface area contributed by atoms with E-state index in [-0.39, 0.29) is 5.41 Å². The Morgan fingerprint density at radius 1 is 1.14 bits per heavy atom. The Hall–Kier alpha value is -1.01. The summed E-state index contributed by atoms with van der Waals surface area (Å²) in [5, 5.41) is 13.4. The van der Waals surface area contributed by atoms with E-state index in [4.69, 9.17) is 4.98 Å². The van der Waals surface area contributed by atoms with Crippen LogP contribution in [-0.4, -0.2) is 4.98 Å². The highest BCUT2D eigenvalue weighted by Gasteiger charge is 2.26.